The molecule has 3 rings (SSSR count). The van der Waals surface area contributed by atoms with Crippen LogP contribution in [-0.4, -0.2) is 31.0 Å². The SMILES string of the molecule is NC(=O)c1nc(Cl)c(-c2cn(Cc3ccccc3)nn2)cc1O. The smallest absolute Gasteiger partial charge is 0.271 e. The second kappa shape index (κ2) is 6.05. The van der Waals surface area contributed by atoms with Crippen LogP contribution in [0.15, 0.2) is 42.6 Å². The number of benzene rings is 1. The molecule has 0 radical (unpaired) electrons. The molecular formula is C15H12ClN5O2. The van der Waals surface area contributed by atoms with Gasteiger partial charge in [-0.25, -0.2) is 9.67 Å². The predicted octanol–water partition coefficient (Wildman–Crippen LogP) is 1.85. The molecule has 116 valence electrons. The van der Waals surface area contributed by atoms with Gasteiger partial charge in [-0.15, -0.1) is 5.10 Å². The van der Waals surface area contributed by atoms with E-state index in [2.05, 4.69) is 15.3 Å². The lowest BCUT2D eigenvalue weighted by Crippen LogP contribution is -2.13. The molecule has 2 aromatic heterocycles. The van der Waals surface area contributed by atoms with Gasteiger partial charge in [-0.2, -0.15) is 0 Å². The van der Waals surface area contributed by atoms with Crippen molar-refractivity contribution >= 4 is 17.5 Å². The number of hydrogen-bond donors (Lipinski definition) is 2. The number of pyridine rings is 1. The van der Waals surface area contributed by atoms with Crippen molar-refractivity contribution in [3.05, 3.63) is 59.0 Å². The van der Waals surface area contributed by atoms with Gasteiger partial charge in [-0.05, 0) is 11.6 Å². The Labute approximate surface area is 136 Å². The van der Waals surface area contributed by atoms with Gasteiger partial charge in [0.05, 0.1) is 12.7 Å². The number of primary amides is 1. The van der Waals surface area contributed by atoms with Crippen LogP contribution in [-0.2, 0) is 6.54 Å². The summed E-state index contributed by atoms with van der Waals surface area (Å²) in [6.45, 7) is 0.546. The lowest BCUT2D eigenvalue weighted by Gasteiger charge is -2.04. The standard InChI is InChI=1S/C15H12ClN5O2/c16-14-10(6-12(22)13(18-14)15(17)23)11-8-21(20-19-11)7-9-4-2-1-3-5-9/h1-6,8,22H,7H2,(H2,17,23). The van der Waals surface area contributed by atoms with E-state index in [-0.39, 0.29) is 16.6 Å². The summed E-state index contributed by atoms with van der Waals surface area (Å²) >= 11 is 6.04. The molecule has 1 aromatic carbocycles. The molecule has 2 heterocycles. The molecule has 0 spiro atoms. The summed E-state index contributed by atoms with van der Waals surface area (Å²) in [5.41, 5.74) is 6.70. The third-order valence-corrected chi connectivity index (χ3v) is 3.48. The first kappa shape index (κ1) is 15.0. The van der Waals surface area contributed by atoms with Crippen LogP contribution in [0.4, 0.5) is 0 Å². The molecule has 3 N–H and O–H groups in total. The number of hydrogen-bond acceptors (Lipinski definition) is 5. The summed E-state index contributed by atoms with van der Waals surface area (Å²) < 4.78 is 1.64. The highest BCUT2D eigenvalue weighted by molar-refractivity contribution is 6.32. The average molecular weight is 330 g/mol. The van der Waals surface area contributed by atoms with E-state index in [1.165, 1.54) is 6.07 Å². The lowest BCUT2D eigenvalue weighted by atomic mass is 10.2. The molecular weight excluding hydrogens is 318 g/mol. The van der Waals surface area contributed by atoms with Crippen LogP contribution in [0.2, 0.25) is 5.15 Å². The number of aromatic hydroxyl groups is 1. The summed E-state index contributed by atoms with van der Waals surface area (Å²) in [4.78, 5) is 14.9. The van der Waals surface area contributed by atoms with Crippen LogP contribution >= 0.6 is 11.6 Å². The van der Waals surface area contributed by atoms with E-state index in [0.717, 1.165) is 5.56 Å². The number of carbonyl (C=O) groups is 1. The minimum Gasteiger partial charge on any atom is -0.505 e. The molecule has 3 aromatic rings. The Morgan fingerprint density at radius 1 is 1.30 bits per heavy atom. The number of nitrogens with two attached hydrogens (primary N) is 1. The van der Waals surface area contributed by atoms with Gasteiger partial charge >= 0.3 is 0 Å². The number of rotatable bonds is 4. The third-order valence-electron chi connectivity index (χ3n) is 3.19. The van der Waals surface area contributed by atoms with Gasteiger partial charge in [0.15, 0.2) is 5.69 Å². The fraction of sp³-hybridized carbons (Fsp3) is 0.0667. The van der Waals surface area contributed by atoms with Gasteiger partial charge in [0, 0.05) is 5.56 Å². The zero-order valence-electron chi connectivity index (χ0n) is 11.8. The number of amides is 1. The van der Waals surface area contributed by atoms with Crippen LogP contribution in [0.1, 0.15) is 16.1 Å². The van der Waals surface area contributed by atoms with Gasteiger partial charge in [0.1, 0.15) is 16.6 Å². The van der Waals surface area contributed by atoms with Gasteiger partial charge in [0.2, 0.25) is 0 Å². The van der Waals surface area contributed by atoms with Gasteiger partial charge in [0.25, 0.3) is 5.91 Å². The van der Waals surface area contributed by atoms with Crippen LogP contribution < -0.4 is 5.73 Å². The summed E-state index contributed by atoms with van der Waals surface area (Å²) in [6.07, 6.45) is 1.68. The normalized spacial score (nSPS) is 10.7. The quantitative estimate of drug-likeness (QED) is 0.710. The highest BCUT2D eigenvalue weighted by Crippen LogP contribution is 2.29. The first-order chi connectivity index (χ1) is 11.0. The molecule has 0 aliphatic carbocycles. The highest BCUT2D eigenvalue weighted by atomic mass is 35.5. The number of aromatic nitrogens is 4. The Kier molecular flexibility index (Phi) is 3.94. The lowest BCUT2D eigenvalue weighted by molar-refractivity contribution is 0.0993. The van der Waals surface area contributed by atoms with Crippen molar-refractivity contribution in [3.63, 3.8) is 0 Å². The Morgan fingerprint density at radius 2 is 2.04 bits per heavy atom. The maximum absolute atomic E-state index is 11.1. The average Bonchev–Trinajstić information content (AvgIpc) is 2.98. The molecule has 23 heavy (non-hydrogen) atoms. The minimum atomic E-state index is -0.858. The van der Waals surface area contributed by atoms with Crippen LogP contribution in [0.3, 0.4) is 0 Å². The molecule has 0 saturated carbocycles. The third kappa shape index (κ3) is 3.14. The van der Waals surface area contributed by atoms with Gasteiger partial charge < -0.3 is 10.8 Å². The van der Waals surface area contributed by atoms with E-state index < -0.39 is 5.91 Å². The molecule has 0 aliphatic heterocycles. The van der Waals surface area contributed by atoms with E-state index in [0.29, 0.717) is 17.8 Å². The second-order valence-corrected chi connectivity index (χ2v) is 5.20. The molecule has 0 saturated heterocycles. The van der Waals surface area contributed by atoms with Crippen LogP contribution in [0.5, 0.6) is 5.75 Å². The van der Waals surface area contributed by atoms with Gasteiger partial charge in [-0.3, -0.25) is 4.79 Å². The van der Waals surface area contributed by atoms with Crippen molar-refractivity contribution in [1.29, 1.82) is 0 Å². The van der Waals surface area contributed by atoms with E-state index in [1.54, 1.807) is 10.9 Å². The molecule has 1 amide bonds. The second-order valence-electron chi connectivity index (χ2n) is 4.85. The van der Waals surface area contributed by atoms with Gasteiger partial charge in [-0.1, -0.05) is 47.1 Å². The summed E-state index contributed by atoms with van der Waals surface area (Å²) in [5, 5.41) is 17.9. The Hall–Kier alpha value is -2.93. The maximum atomic E-state index is 11.1. The number of halogens is 1. The number of nitrogens with zero attached hydrogens (tertiary/aromatic N) is 4. The fourth-order valence-corrected chi connectivity index (χ4v) is 2.35. The maximum Gasteiger partial charge on any atom is 0.271 e. The molecule has 0 bridgehead atoms. The zero-order valence-corrected chi connectivity index (χ0v) is 12.6. The van der Waals surface area contributed by atoms with Crippen molar-refractivity contribution in [1.82, 2.24) is 20.0 Å². The molecule has 0 atom stereocenters. The van der Waals surface area contributed by atoms with E-state index in [4.69, 9.17) is 17.3 Å². The van der Waals surface area contributed by atoms with E-state index in [1.807, 2.05) is 30.3 Å². The molecule has 8 heteroatoms. The molecule has 0 unspecified atom stereocenters. The van der Waals surface area contributed by atoms with Crippen LogP contribution in [0, 0.1) is 0 Å². The zero-order chi connectivity index (χ0) is 16.4. The van der Waals surface area contributed by atoms with Crippen molar-refractivity contribution < 1.29 is 9.90 Å². The summed E-state index contributed by atoms with van der Waals surface area (Å²) in [7, 11) is 0. The molecule has 0 aliphatic rings. The van der Waals surface area contributed by atoms with Crippen LogP contribution in [0.25, 0.3) is 11.3 Å². The highest BCUT2D eigenvalue weighted by Gasteiger charge is 2.17. The monoisotopic (exact) mass is 329 g/mol. The molecule has 7 nitrogen and oxygen atoms in total. The Bertz CT molecular complexity index is 864. The largest absolute Gasteiger partial charge is 0.505 e. The minimum absolute atomic E-state index is 0.0170. The first-order valence-electron chi connectivity index (χ1n) is 6.68. The van der Waals surface area contributed by atoms with Crippen molar-refractivity contribution in [2.75, 3.05) is 0 Å². The Balaban J connectivity index is 1.91. The fourth-order valence-electron chi connectivity index (χ4n) is 2.11. The van der Waals surface area contributed by atoms with Crippen molar-refractivity contribution in [3.8, 4) is 17.0 Å². The first-order valence-corrected chi connectivity index (χ1v) is 7.06. The topological polar surface area (TPSA) is 107 Å². The number of carbonyl (C=O) groups excluding carboxylic acids is 1. The van der Waals surface area contributed by atoms with E-state index >= 15 is 0 Å². The van der Waals surface area contributed by atoms with Crippen molar-refractivity contribution in [2.45, 2.75) is 6.54 Å². The van der Waals surface area contributed by atoms with E-state index in [9.17, 15) is 9.90 Å². The predicted molar refractivity (Wildman–Crippen MR) is 84.0 cm³/mol. The summed E-state index contributed by atoms with van der Waals surface area (Å²) in [6, 6.07) is 11.1. The molecule has 0 fully saturated rings. The summed E-state index contributed by atoms with van der Waals surface area (Å²) in [5.74, 6) is -1.21. The Morgan fingerprint density at radius 3 is 2.74 bits per heavy atom. The van der Waals surface area contributed by atoms with Crippen molar-refractivity contribution in [2.24, 2.45) is 5.73 Å².